The molecule has 2 rings (SSSR count). The van der Waals surface area contributed by atoms with E-state index >= 15 is 0 Å². The van der Waals surface area contributed by atoms with Gasteiger partial charge in [-0.1, -0.05) is 11.6 Å². The Morgan fingerprint density at radius 2 is 2.06 bits per heavy atom. The van der Waals surface area contributed by atoms with E-state index in [1.165, 1.54) is 17.3 Å². The summed E-state index contributed by atoms with van der Waals surface area (Å²) in [7, 11) is 0. The average Bonchev–Trinajstić information content (AvgIpc) is 2.65. The number of hydrogen-bond donors (Lipinski definition) is 1. The summed E-state index contributed by atoms with van der Waals surface area (Å²) in [5, 5.41) is 4.38. The van der Waals surface area contributed by atoms with Crippen molar-refractivity contribution >= 4 is 24.0 Å². The lowest BCUT2D eigenvalue weighted by atomic mass is 10.3. The van der Waals surface area contributed by atoms with Crippen LogP contribution in [0.3, 0.4) is 0 Å². The first-order valence-corrected chi connectivity index (χ1v) is 4.69. The SMILES string of the molecule is C[C@H](N)c1ncnn1-c1cc(Cl)ncn1.Cl. The van der Waals surface area contributed by atoms with Crippen LogP contribution < -0.4 is 5.73 Å². The van der Waals surface area contributed by atoms with E-state index in [4.69, 9.17) is 17.3 Å². The number of hydrogen-bond acceptors (Lipinski definition) is 5. The highest BCUT2D eigenvalue weighted by Gasteiger charge is 2.11. The number of nitrogens with zero attached hydrogens (tertiary/aromatic N) is 5. The summed E-state index contributed by atoms with van der Waals surface area (Å²) >= 11 is 5.75. The largest absolute Gasteiger partial charge is 0.322 e. The summed E-state index contributed by atoms with van der Waals surface area (Å²) in [6.45, 7) is 1.82. The molecule has 2 N–H and O–H groups in total. The van der Waals surface area contributed by atoms with Gasteiger partial charge < -0.3 is 5.73 Å². The van der Waals surface area contributed by atoms with E-state index in [0.29, 0.717) is 16.8 Å². The third-order valence-corrected chi connectivity index (χ3v) is 2.02. The van der Waals surface area contributed by atoms with Gasteiger partial charge >= 0.3 is 0 Å². The fourth-order valence-electron chi connectivity index (χ4n) is 1.18. The van der Waals surface area contributed by atoms with E-state index in [1.54, 1.807) is 6.07 Å². The van der Waals surface area contributed by atoms with Gasteiger partial charge in [0, 0.05) is 6.07 Å². The average molecular weight is 261 g/mol. The van der Waals surface area contributed by atoms with Crippen molar-refractivity contribution in [1.29, 1.82) is 0 Å². The standard InChI is InChI=1S/C8H9ClN6.ClH/c1-5(10)8-13-4-14-15(8)7-2-6(9)11-3-12-7;/h2-5H,10H2,1H3;1H/t5-;/m0./s1. The highest BCUT2D eigenvalue weighted by molar-refractivity contribution is 6.29. The fraction of sp³-hybridized carbons (Fsp3) is 0.250. The monoisotopic (exact) mass is 260 g/mol. The van der Waals surface area contributed by atoms with E-state index < -0.39 is 0 Å². The molecule has 0 aliphatic rings. The molecule has 0 fully saturated rings. The molecule has 1 atom stereocenters. The molecular weight excluding hydrogens is 251 g/mol. The Morgan fingerprint density at radius 3 is 2.69 bits per heavy atom. The summed E-state index contributed by atoms with van der Waals surface area (Å²) in [4.78, 5) is 11.9. The lowest BCUT2D eigenvalue weighted by molar-refractivity contribution is 0.679. The maximum atomic E-state index is 5.75. The van der Waals surface area contributed by atoms with E-state index in [2.05, 4.69) is 20.1 Å². The molecule has 2 heterocycles. The molecule has 0 bridgehead atoms. The minimum atomic E-state index is -0.221. The Hall–Kier alpha value is -1.24. The third kappa shape index (κ3) is 2.46. The fourth-order valence-corrected chi connectivity index (χ4v) is 1.32. The van der Waals surface area contributed by atoms with Crippen LogP contribution in [0.4, 0.5) is 0 Å². The van der Waals surface area contributed by atoms with Crippen LogP contribution in [0.5, 0.6) is 0 Å². The van der Waals surface area contributed by atoms with Gasteiger partial charge in [0.15, 0.2) is 11.6 Å². The predicted octanol–water partition coefficient (Wildman–Crippen LogP) is 1.15. The molecule has 0 aliphatic carbocycles. The molecule has 0 amide bonds. The predicted molar refractivity (Wildman–Crippen MR) is 61.8 cm³/mol. The third-order valence-electron chi connectivity index (χ3n) is 1.82. The van der Waals surface area contributed by atoms with Crippen molar-refractivity contribution in [3.05, 3.63) is 29.7 Å². The summed E-state index contributed by atoms with van der Waals surface area (Å²) in [6, 6.07) is 1.38. The van der Waals surface area contributed by atoms with Crippen molar-refractivity contribution in [3.8, 4) is 5.82 Å². The minimum Gasteiger partial charge on any atom is -0.322 e. The van der Waals surface area contributed by atoms with Crippen LogP contribution in [0, 0.1) is 0 Å². The van der Waals surface area contributed by atoms with Crippen molar-refractivity contribution in [2.75, 3.05) is 0 Å². The Morgan fingerprint density at radius 1 is 1.31 bits per heavy atom. The normalized spacial score (nSPS) is 11.9. The first-order chi connectivity index (χ1) is 7.18. The van der Waals surface area contributed by atoms with Gasteiger partial charge in [-0.2, -0.15) is 9.78 Å². The zero-order chi connectivity index (χ0) is 10.8. The van der Waals surface area contributed by atoms with E-state index in [1.807, 2.05) is 6.92 Å². The van der Waals surface area contributed by atoms with Gasteiger partial charge in [-0.25, -0.2) is 15.0 Å². The van der Waals surface area contributed by atoms with Crippen molar-refractivity contribution in [2.24, 2.45) is 5.73 Å². The quantitative estimate of drug-likeness (QED) is 0.820. The zero-order valence-electron chi connectivity index (χ0n) is 8.41. The molecule has 2 aromatic heterocycles. The van der Waals surface area contributed by atoms with Gasteiger partial charge in [0.05, 0.1) is 6.04 Å². The summed E-state index contributed by atoms with van der Waals surface area (Å²) < 4.78 is 1.54. The number of aromatic nitrogens is 5. The van der Waals surface area contributed by atoms with Gasteiger partial charge in [-0.15, -0.1) is 12.4 Å². The Labute approximate surface area is 103 Å². The van der Waals surface area contributed by atoms with Gasteiger partial charge in [-0.3, -0.25) is 0 Å². The maximum absolute atomic E-state index is 5.75. The van der Waals surface area contributed by atoms with Crippen molar-refractivity contribution in [2.45, 2.75) is 13.0 Å². The van der Waals surface area contributed by atoms with Gasteiger partial charge in [0.1, 0.15) is 17.8 Å². The van der Waals surface area contributed by atoms with Crippen LogP contribution in [0.1, 0.15) is 18.8 Å². The second-order valence-electron chi connectivity index (χ2n) is 3.02. The topological polar surface area (TPSA) is 82.5 Å². The second-order valence-corrected chi connectivity index (χ2v) is 3.40. The van der Waals surface area contributed by atoms with Crippen LogP contribution in [0.15, 0.2) is 18.7 Å². The van der Waals surface area contributed by atoms with Crippen LogP contribution in [0.2, 0.25) is 5.15 Å². The molecule has 0 saturated heterocycles. The smallest absolute Gasteiger partial charge is 0.160 e. The van der Waals surface area contributed by atoms with Gasteiger partial charge in [0.2, 0.25) is 0 Å². The molecule has 8 heteroatoms. The van der Waals surface area contributed by atoms with Crippen molar-refractivity contribution < 1.29 is 0 Å². The molecule has 0 unspecified atom stereocenters. The Bertz CT molecular complexity index is 469. The van der Waals surface area contributed by atoms with Crippen LogP contribution in [0.25, 0.3) is 5.82 Å². The van der Waals surface area contributed by atoms with Crippen molar-refractivity contribution in [3.63, 3.8) is 0 Å². The van der Waals surface area contributed by atoms with Crippen LogP contribution in [-0.2, 0) is 0 Å². The molecule has 2 aromatic rings. The van der Waals surface area contributed by atoms with Crippen molar-refractivity contribution in [1.82, 2.24) is 24.7 Å². The zero-order valence-corrected chi connectivity index (χ0v) is 9.98. The number of nitrogens with two attached hydrogens (primary N) is 1. The highest BCUT2D eigenvalue weighted by atomic mass is 35.5. The maximum Gasteiger partial charge on any atom is 0.160 e. The highest BCUT2D eigenvalue weighted by Crippen LogP contribution is 2.12. The van der Waals surface area contributed by atoms with E-state index in [9.17, 15) is 0 Å². The lowest BCUT2D eigenvalue weighted by Gasteiger charge is -2.06. The summed E-state index contributed by atoms with van der Waals surface area (Å²) in [5.74, 6) is 1.18. The molecule has 16 heavy (non-hydrogen) atoms. The molecule has 0 aliphatic heterocycles. The van der Waals surface area contributed by atoms with E-state index in [-0.39, 0.29) is 18.4 Å². The second kappa shape index (κ2) is 5.20. The number of halogens is 2. The molecule has 0 radical (unpaired) electrons. The minimum absolute atomic E-state index is 0. The molecule has 0 aromatic carbocycles. The van der Waals surface area contributed by atoms with Crippen LogP contribution >= 0.6 is 24.0 Å². The van der Waals surface area contributed by atoms with Crippen LogP contribution in [-0.4, -0.2) is 24.7 Å². The Balaban J connectivity index is 0.00000128. The molecule has 86 valence electrons. The Kier molecular flexibility index (Phi) is 4.17. The number of rotatable bonds is 2. The first kappa shape index (κ1) is 12.8. The summed E-state index contributed by atoms with van der Waals surface area (Å²) in [5.41, 5.74) is 5.73. The molecular formula is C8H10Cl2N6. The molecule has 6 nitrogen and oxygen atoms in total. The lowest BCUT2D eigenvalue weighted by Crippen LogP contribution is -2.14. The molecule has 0 spiro atoms. The van der Waals surface area contributed by atoms with Gasteiger partial charge in [-0.05, 0) is 6.92 Å². The molecule has 0 saturated carbocycles. The first-order valence-electron chi connectivity index (χ1n) is 4.32. The van der Waals surface area contributed by atoms with E-state index in [0.717, 1.165) is 0 Å². The van der Waals surface area contributed by atoms with Gasteiger partial charge in [0.25, 0.3) is 0 Å². The summed E-state index contributed by atoms with van der Waals surface area (Å²) in [6.07, 6.45) is 2.79.